The number of carboxylic acids is 1. The SMILES string of the molecule is O=C(O)COc1ccc2onc(-c3ccccc3)c2c1. The molecule has 3 rings (SSSR count). The third kappa shape index (κ3) is 2.33. The Morgan fingerprint density at radius 2 is 2.00 bits per heavy atom. The standard InChI is InChI=1S/C15H11NO4/c17-14(18)9-19-11-6-7-13-12(8-11)15(16-20-13)10-4-2-1-3-5-10/h1-8H,9H2,(H,17,18). The number of ether oxygens (including phenoxy) is 1. The second kappa shape index (κ2) is 5.05. The molecule has 5 nitrogen and oxygen atoms in total. The summed E-state index contributed by atoms with van der Waals surface area (Å²) in [6, 6.07) is 14.7. The Hall–Kier alpha value is -2.82. The van der Waals surface area contributed by atoms with Gasteiger partial charge in [-0.25, -0.2) is 4.79 Å². The minimum atomic E-state index is -1.02. The molecule has 100 valence electrons. The largest absolute Gasteiger partial charge is 0.482 e. The highest BCUT2D eigenvalue weighted by Gasteiger charge is 2.11. The molecule has 0 atom stereocenters. The molecule has 0 aliphatic heterocycles. The number of fused-ring (bicyclic) bond motifs is 1. The average Bonchev–Trinajstić information content (AvgIpc) is 2.89. The van der Waals surface area contributed by atoms with Crippen molar-refractivity contribution < 1.29 is 19.2 Å². The molecule has 0 radical (unpaired) electrons. The van der Waals surface area contributed by atoms with E-state index in [1.165, 1.54) is 0 Å². The minimum absolute atomic E-state index is 0.378. The smallest absolute Gasteiger partial charge is 0.341 e. The average molecular weight is 269 g/mol. The van der Waals surface area contributed by atoms with E-state index in [1.807, 2.05) is 30.3 Å². The Kier molecular flexibility index (Phi) is 3.09. The van der Waals surface area contributed by atoms with E-state index in [9.17, 15) is 4.79 Å². The molecule has 0 aliphatic carbocycles. The lowest BCUT2D eigenvalue weighted by Gasteiger charge is -2.02. The Morgan fingerprint density at radius 1 is 1.20 bits per heavy atom. The zero-order valence-corrected chi connectivity index (χ0v) is 10.4. The van der Waals surface area contributed by atoms with Gasteiger partial charge in [-0.05, 0) is 18.2 Å². The van der Waals surface area contributed by atoms with Crippen LogP contribution in [0.2, 0.25) is 0 Å². The Labute approximate surface area is 114 Å². The van der Waals surface area contributed by atoms with E-state index in [1.54, 1.807) is 18.2 Å². The molecule has 1 heterocycles. The fraction of sp³-hybridized carbons (Fsp3) is 0.0667. The van der Waals surface area contributed by atoms with Gasteiger partial charge in [-0.2, -0.15) is 0 Å². The number of rotatable bonds is 4. The predicted octanol–water partition coefficient (Wildman–Crippen LogP) is 2.96. The van der Waals surface area contributed by atoms with Gasteiger partial charge in [0.2, 0.25) is 0 Å². The van der Waals surface area contributed by atoms with Crippen molar-refractivity contribution in [3.05, 3.63) is 48.5 Å². The summed E-state index contributed by atoms with van der Waals surface area (Å²) >= 11 is 0. The zero-order chi connectivity index (χ0) is 13.9. The van der Waals surface area contributed by atoms with Gasteiger partial charge < -0.3 is 14.4 Å². The van der Waals surface area contributed by atoms with Crippen LogP contribution in [-0.4, -0.2) is 22.8 Å². The van der Waals surface area contributed by atoms with Gasteiger partial charge in [0.1, 0.15) is 11.4 Å². The molecule has 20 heavy (non-hydrogen) atoms. The van der Waals surface area contributed by atoms with Gasteiger partial charge in [0.25, 0.3) is 0 Å². The van der Waals surface area contributed by atoms with Gasteiger partial charge in [-0.3, -0.25) is 0 Å². The van der Waals surface area contributed by atoms with E-state index in [-0.39, 0.29) is 6.61 Å². The number of aliphatic carboxylic acids is 1. The second-order valence-corrected chi connectivity index (χ2v) is 4.24. The summed E-state index contributed by atoms with van der Waals surface area (Å²) in [6.07, 6.45) is 0. The van der Waals surface area contributed by atoms with Crippen LogP contribution in [0.4, 0.5) is 0 Å². The van der Waals surface area contributed by atoms with Gasteiger partial charge in [-0.1, -0.05) is 35.5 Å². The van der Waals surface area contributed by atoms with Crippen LogP contribution in [0.15, 0.2) is 53.1 Å². The molecule has 0 saturated carbocycles. The van der Waals surface area contributed by atoms with E-state index >= 15 is 0 Å². The van der Waals surface area contributed by atoms with Gasteiger partial charge in [0.05, 0.1) is 5.39 Å². The molecule has 0 aliphatic rings. The lowest BCUT2D eigenvalue weighted by atomic mass is 10.1. The molecule has 0 bridgehead atoms. The monoisotopic (exact) mass is 269 g/mol. The number of nitrogens with zero attached hydrogens (tertiary/aromatic N) is 1. The summed E-state index contributed by atoms with van der Waals surface area (Å²) in [5.74, 6) is -0.543. The van der Waals surface area contributed by atoms with Crippen molar-refractivity contribution >= 4 is 16.9 Å². The number of hydrogen-bond donors (Lipinski definition) is 1. The maximum absolute atomic E-state index is 10.5. The molecular formula is C15H11NO4. The van der Waals surface area contributed by atoms with Crippen LogP contribution in [0.5, 0.6) is 5.75 Å². The molecule has 0 saturated heterocycles. The summed E-state index contributed by atoms with van der Waals surface area (Å²) in [5, 5.41) is 13.5. The quantitative estimate of drug-likeness (QED) is 0.788. The van der Waals surface area contributed by atoms with Crippen molar-refractivity contribution in [1.29, 1.82) is 0 Å². The van der Waals surface area contributed by atoms with Crippen LogP contribution in [0.25, 0.3) is 22.2 Å². The first-order valence-electron chi connectivity index (χ1n) is 6.03. The van der Waals surface area contributed by atoms with Crippen LogP contribution in [0.3, 0.4) is 0 Å². The van der Waals surface area contributed by atoms with Crippen molar-refractivity contribution in [1.82, 2.24) is 5.16 Å². The first-order chi connectivity index (χ1) is 9.74. The molecule has 1 aromatic heterocycles. The summed E-state index contributed by atoms with van der Waals surface area (Å²) in [6.45, 7) is -0.378. The molecule has 0 fully saturated rings. The van der Waals surface area contributed by atoms with Crippen LogP contribution in [-0.2, 0) is 4.79 Å². The van der Waals surface area contributed by atoms with E-state index in [2.05, 4.69) is 5.16 Å². The fourth-order valence-electron chi connectivity index (χ4n) is 1.96. The normalized spacial score (nSPS) is 10.6. The Bertz CT molecular complexity index is 749. The molecule has 2 aromatic carbocycles. The molecule has 1 N–H and O–H groups in total. The van der Waals surface area contributed by atoms with Gasteiger partial charge >= 0.3 is 5.97 Å². The van der Waals surface area contributed by atoms with Crippen LogP contribution in [0.1, 0.15) is 0 Å². The first-order valence-corrected chi connectivity index (χ1v) is 6.03. The van der Waals surface area contributed by atoms with E-state index in [4.69, 9.17) is 14.4 Å². The number of carboxylic acid groups (broad SMARTS) is 1. The van der Waals surface area contributed by atoms with Crippen molar-refractivity contribution in [2.75, 3.05) is 6.61 Å². The Morgan fingerprint density at radius 3 is 2.75 bits per heavy atom. The van der Waals surface area contributed by atoms with Crippen molar-refractivity contribution in [2.24, 2.45) is 0 Å². The van der Waals surface area contributed by atoms with Crippen molar-refractivity contribution in [2.45, 2.75) is 0 Å². The second-order valence-electron chi connectivity index (χ2n) is 4.24. The van der Waals surface area contributed by atoms with Gasteiger partial charge in [-0.15, -0.1) is 0 Å². The van der Waals surface area contributed by atoms with Crippen LogP contribution >= 0.6 is 0 Å². The number of benzene rings is 2. The third-order valence-electron chi connectivity index (χ3n) is 2.85. The summed E-state index contributed by atoms with van der Waals surface area (Å²) in [7, 11) is 0. The molecule has 0 unspecified atom stereocenters. The van der Waals surface area contributed by atoms with E-state index < -0.39 is 5.97 Å². The summed E-state index contributed by atoms with van der Waals surface area (Å²) < 4.78 is 10.4. The number of aromatic nitrogens is 1. The van der Waals surface area contributed by atoms with Crippen LogP contribution in [0, 0.1) is 0 Å². The molecule has 0 amide bonds. The predicted molar refractivity (Wildman–Crippen MR) is 72.6 cm³/mol. The molecular weight excluding hydrogens is 258 g/mol. The minimum Gasteiger partial charge on any atom is -0.482 e. The third-order valence-corrected chi connectivity index (χ3v) is 2.85. The Balaban J connectivity index is 2.02. The van der Waals surface area contributed by atoms with Crippen molar-refractivity contribution in [3.63, 3.8) is 0 Å². The maximum atomic E-state index is 10.5. The lowest BCUT2D eigenvalue weighted by Crippen LogP contribution is -2.09. The van der Waals surface area contributed by atoms with Gasteiger partial charge in [0.15, 0.2) is 12.2 Å². The molecule has 3 aromatic rings. The highest BCUT2D eigenvalue weighted by Crippen LogP contribution is 2.30. The van der Waals surface area contributed by atoms with Gasteiger partial charge in [0, 0.05) is 5.56 Å². The lowest BCUT2D eigenvalue weighted by molar-refractivity contribution is -0.139. The maximum Gasteiger partial charge on any atom is 0.341 e. The molecule has 5 heteroatoms. The topological polar surface area (TPSA) is 72.6 Å². The summed E-state index contributed by atoms with van der Waals surface area (Å²) in [5.41, 5.74) is 2.27. The number of carbonyl (C=O) groups is 1. The van der Waals surface area contributed by atoms with Crippen LogP contribution < -0.4 is 4.74 Å². The highest BCUT2D eigenvalue weighted by molar-refractivity contribution is 5.92. The van der Waals surface area contributed by atoms with E-state index in [0.29, 0.717) is 17.0 Å². The zero-order valence-electron chi connectivity index (χ0n) is 10.4. The van der Waals surface area contributed by atoms with Crippen molar-refractivity contribution in [3.8, 4) is 17.0 Å². The first kappa shape index (κ1) is 12.2. The molecule has 0 spiro atoms. The summed E-state index contributed by atoms with van der Waals surface area (Å²) in [4.78, 5) is 10.5. The fourth-order valence-corrected chi connectivity index (χ4v) is 1.96. The number of hydrogen-bond acceptors (Lipinski definition) is 4. The van der Waals surface area contributed by atoms with E-state index in [0.717, 1.165) is 10.9 Å². The highest BCUT2D eigenvalue weighted by atomic mass is 16.5.